The van der Waals surface area contributed by atoms with Gasteiger partial charge in [0.15, 0.2) is 5.82 Å². The van der Waals surface area contributed by atoms with Gasteiger partial charge in [0.1, 0.15) is 17.3 Å². The van der Waals surface area contributed by atoms with Crippen LogP contribution in [0.2, 0.25) is 5.02 Å². The van der Waals surface area contributed by atoms with Crippen molar-refractivity contribution in [1.29, 1.82) is 0 Å². The molecule has 4 rings (SSSR count). The molecule has 0 aliphatic carbocycles. The molecule has 3 aromatic rings. The normalized spacial score (nSPS) is 15.3. The first-order valence-corrected chi connectivity index (χ1v) is 14.3. The molecule has 222 valence electrons. The van der Waals surface area contributed by atoms with Crippen molar-refractivity contribution in [3.8, 4) is 28.4 Å². The van der Waals surface area contributed by atoms with Crippen molar-refractivity contribution < 1.29 is 23.5 Å². The summed E-state index contributed by atoms with van der Waals surface area (Å²) in [5.41, 5.74) is 3.65. The Morgan fingerprint density at radius 3 is 2.76 bits per heavy atom. The van der Waals surface area contributed by atoms with Crippen LogP contribution in [0.5, 0.6) is 5.75 Å². The summed E-state index contributed by atoms with van der Waals surface area (Å²) in [4.78, 5) is 24.3. The standard InChI is InChI=1S/C29H39ClN6O5/c1-17(2)40-29(37)36-11-13-38-16-21(36)15-32-27-18(3)26(25-19(4)35-41-20(25)5)33-28(34-27)23-14-22(8-9-24(23)30)39-12-7-10-31-6/h8-9,14,17,21,31H,7,10-13,15-16H2,1-6H3,(H,32,33,34). The number of hydrogen-bond acceptors (Lipinski definition) is 10. The number of benzene rings is 1. The molecule has 2 N–H and O–H groups in total. The third kappa shape index (κ3) is 7.46. The van der Waals surface area contributed by atoms with Gasteiger partial charge in [0.2, 0.25) is 0 Å². The summed E-state index contributed by atoms with van der Waals surface area (Å²) in [5, 5.41) is 11.2. The van der Waals surface area contributed by atoms with Crippen LogP contribution in [0, 0.1) is 20.8 Å². The minimum absolute atomic E-state index is 0.212. The highest BCUT2D eigenvalue weighted by molar-refractivity contribution is 6.33. The Bertz CT molecular complexity index is 1330. The highest BCUT2D eigenvalue weighted by atomic mass is 35.5. The highest BCUT2D eigenvalue weighted by Crippen LogP contribution is 2.36. The lowest BCUT2D eigenvalue weighted by molar-refractivity contribution is -0.0114. The molecule has 1 amide bonds. The molecule has 1 aliphatic heterocycles. The molecule has 1 fully saturated rings. The molecule has 3 heterocycles. The molecule has 11 nitrogen and oxygen atoms in total. The maximum Gasteiger partial charge on any atom is 0.410 e. The minimum atomic E-state index is -0.357. The van der Waals surface area contributed by atoms with Crippen LogP contribution in [0.1, 0.15) is 37.3 Å². The fraction of sp³-hybridized carbons (Fsp3) is 0.517. The number of ether oxygens (including phenoxy) is 3. The van der Waals surface area contributed by atoms with Gasteiger partial charge >= 0.3 is 6.09 Å². The van der Waals surface area contributed by atoms with E-state index in [4.69, 9.17) is 40.3 Å². The summed E-state index contributed by atoms with van der Waals surface area (Å²) < 4.78 is 22.6. The SMILES string of the molecule is CNCCCOc1ccc(Cl)c(-c2nc(NCC3COCCN3C(=O)OC(C)C)c(C)c(-c3c(C)noc3C)n2)c1. The first-order valence-electron chi connectivity index (χ1n) is 13.9. The summed E-state index contributed by atoms with van der Waals surface area (Å²) in [6.45, 7) is 12.5. The monoisotopic (exact) mass is 586 g/mol. The molecule has 0 saturated carbocycles. The Labute approximate surface area is 245 Å². The average molecular weight is 587 g/mol. The molecule has 12 heteroatoms. The van der Waals surface area contributed by atoms with E-state index >= 15 is 0 Å². The van der Waals surface area contributed by atoms with E-state index in [1.807, 2.05) is 53.8 Å². The van der Waals surface area contributed by atoms with Crippen molar-refractivity contribution in [1.82, 2.24) is 25.3 Å². The van der Waals surface area contributed by atoms with Gasteiger partial charge in [0.25, 0.3) is 0 Å². The number of morpholine rings is 1. The Hall–Kier alpha value is -3.41. The fourth-order valence-electron chi connectivity index (χ4n) is 4.63. The van der Waals surface area contributed by atoms with Crippen LogP contribution >= 0.6 is 11.6 Å². The predicted molar refractivity (Wildman–Crippen MR) is 158 cm³/mol. The molecule has 0 spiro atoms. The van der Waals surface area contributed by atoms with Gasteiger partial charge in [0, 0.05) is 24.2 Å². The second-order valence-electron chi connectivity index (χ2n) is 10.3. The molecule has 1 aliphatic rings. The van der Waals surface area contributed by atoms with Gasteiger partial charge in [-0.3, -0.25) is 4.90 Å². The second-order valence-corrected chi connectivity index (χ2v) is 10.7. The summed E-state index contributed by atoms with van der Waals surface area (Å²) in [6, 6.07) is 5.23. The van der Waals surface area contributed by atoms with Gasteiger partial charge in [-0.05, 0) is 72.8 Å². The van der Waals surface area contributed by atoms with E-state index < -0.39 is 0 Å². The summed E-state index contributed by atoms with van der Waals surface area (Å²) in [7, 11) is 1.91. The van der Waals surface area contributed by atoms with Crippen LogP contribution in [0.15, 0.2) is 22.7 Å². The van der Waals surface area contributed by atoms with Crippen molar-refractivity contribution in [2.24, 2.45) is 0 Å². The predicted octanol–water partition coefficient (Wildman–Crippen LogP) is 5.02. The number of carbonyl (C=O) groups excluding carboxylic acids is 1. The zero-order valence-electron chi connectivity index (χ0n) is 24.5. The van der Waals surface area contributed by atoms with Crippen molar-refractivity contribution in [3.05, 3.63) is 40.2 Å². The lowest BCUT2D eigenvalue weighted by atomic mass is 10.0. The summed E-state index contributed by atoms with van der Waals surface area (Å²) >= 11 is 6.67. The maximum atomic E-state index is 12.7. The molecule has 0 bridgehead atoms. The topological polar surface area (TPSA) is 124 Å². The van der Waals surface area contributed by atoms with Crippen molar-refractivity contribution in [2.75, 3.05) is 51.8 Å². The molecular formula is C29H39ClN6O5. The Balaban J connectivity index is 1.69. The smallest absolute Gasteiger partial charge is 0.410 e. The number of hydrogen-bond donors (Lipinski definition) is 2. The molecule has 1 saturated heterocycles. The fourth-order valence-corrected chi connectivity index (χ4v) is 4.83. The number of amides is 1. The van der Waals surface area contributed by atoms with Crippen molar-refractivity contribution in [3.63, 3.8) is 0 Å². The average Bonchev–Trinajstić information content (AvgIpc) is 3.28. The molecule has 41 heavy (non-hydrogen) atoms. The number of halogens is 1. The van der Waals surface area contributed by atoms with Crippen molar-refractivity contribution in [2.45, 2.75) is 53.2 Å². The van der Waals surface area contributed by atoms with Gasteiger partial charge < -0.3 is 29.4 Å². The van der Waals surface area contributed by atoms with Crippen LogP contribution in [-0.2, 0) is 9.47 Å². The largest absolute Gasteiger partial charge is 0.494 e. The Morgan fingerprint density at radius 2 is 2.05 bits per heavy atom. The first kappa shape index (κ1) is 30.5. The third-order valence-corrected chi connectivity index (χ3v) is 7.07. The lowest BCUT2D eigenvalue weighted by Crippen LogP contribution is -2.52. The molecular weight excluding hydrogens is 548 g/mol. The molecule has 2 aromatic heterocycles. The Morgan fingerprint density at radius 1 is 1.24 bits per heavy atom. The minimum Gasteiger partial charge on any atom is -0.494 e. The van der Waals surface area contributed by atoms with E-state index in [0.29, 0.717) is 72.3 Å². The number of nitrogens with zero attached hydrogens (tertiary/aromatic N) is 4. The van der Waals surface area contributed by atoms with Gasteiger partial charge in [0.05, 0.1) is 53.9 Å². The highest BCUT2D eigenvalue weighted by Gasteiger charge is 2.30. The molecule has 1 aromatic carbocycles. The van der Waals surface area contributed by atoms with Gasteiger partial charge in [-0.2, -0.15) is 0 Å². The van der Waals surface area contributed by atoms with Crippen molar-refractivity contribution >= 4 is 23.5 Å². The van der Waals surface area contributed by atoms with Crippen LogP contribution in [0.3, 0.4) is 0 Å². The van der Waals surface area contributed by atoms with Gasteiger partial charge in [-0.25, -0.2) is 14.8 Å². The zero-order chi connectivity index (χ0) is 29.5. The molecule has 1 unspecified atom stereocenters. The number of aryl methyl sites for hydroxylation is 2. The zero-order valence-corrected chi connectivity index (χ0v) is 25.3. The van der Waals surface area contributed by atoms with E-state index in [1.165, 1.54) is 0 Å². The second kappa shape index (κ2) is 14.0. The maximum absolute atomic E-state index is 12.7. The van der Waals surface area contributed by atoms with E-state index in [2.05, 4.69) is 15.8 Å². The number of rotatable bonds is 11. The summed E-state index contributed by atoms with van der Waals surface area (Å²) in [5.74, 6) is 2.35. The van der Waals surface area contributed by atoms with Crippen LogP contribution in [0.4, 0.5) is 10.6 Å². The first-order chi connectivity index (χ1) is 19.7. The van der Waals surface area contributed by atoms with Gasteiger partial charge in [-0.1, -0.05) is 16.8 Å². The number of carbonyl (C=O) groups is 1. The number of anilines is 1. The summed E-state index contributed by atoms with van der Waals surface area (Å²) in [6.07, 6.45) is 0.299. The quantitative estimate of drug-likeness (QED) is 0.296. The Kier molecular flexibility index (Phi) is 10.4. The molecule has 0 radical (unpaired) electrons. The third-order valence-electron chi connectivity index (χ3n) is 6.74. The number of aromatic nitrogens is 3. The van der Waals surface area contributed by atoms with Crippen LogP contribution in [-0.4, -0.2) is 84.8 Å². The van der Waals surface area contributed by atoms with E-state index in [0.717, 1.165) is 29.8 Å². The van der Waals surface area contributed by atoms with Crippen LogP contribution < -0.4 is 15.4 Å². The number of nitrogens with one attached hydrogen (secondary N) is 2. The van der Waals surface area contributed by atoms with Gasteiger partial charge in [-0.15, -0.1) is 0 Å². The van der Waals surface area contributed by atoms with E-state index in [-0.39, 0.29) is 18.2 Å². The van der Waals surface area contributed by atoms with E-state index in [9.17, 15) is 4.79 Å². The lowest BCUT2D eigenvalue weighted by Gasteiger charge is -2.35. The molecule has 1 atom stereocenters. The van der Waals surface area contributed by atoms with E-state index in [1.54, 1.807) is 11.0 Å². The van der Waals surface area contributed by atoms with Crippen LogP contribution in [0.25, 0.3) is 22.6 Å².